The van der Waals surface area contributed by atoms with Crippen LogP contribution in [0.4, 0.5) is 4.79 Å². The van der Waals surface area contributed by atoms with Crippen LogP contribution in [0.5, 0.6) is 0 Å². The Morgan fingerprint density at radius 2 is 1.92 bits per heavy atom. The monoisotopic (exact) mass is 524 g/mol. The summed E-state index contributed by atoms with van der Waals surface area (Å²) in [5.41, 5.74) is 1.25. The Morgan fingerprint density at radius 1 is 1.11 bits per heavy atom. The molecule has 0 aromatic carbocycles. The molecule has 1 aromatic heterocycles. The molecule has 4 aliphatic carbocycles. The van der Waals surface area contributed by atoms with Gasteiger partial charge in [0.25, 0.3) is 0 Å². The molecular formula is C31H44N2O5. The lowest BCUT2D eigenvalue weighted by Gasteiger charge is -2.61. The molecule has 7 heteroatoms. The van der Waals surface area contributed by atoms with Crippen molar-refractivity contribution in [1.82, 2.24) is 10.2 Å². The minimum Gasteiger partial charge on any atom is -0.442 e. The molecule has 0 bridgehead atoms. The number of allylic oxidation sites excluding steroid dienone is 1. The third-order valence-electron chi connectivity index (χ3n) is 11.5. The summed E-state index contributed by atoms with van der Waals surface area (Å²) < 4.78 is 11.1. The van der Waals surface area contributed by atoms with E-state index in [2.05, 4.69) is 30.1 Å². The zero-order valence-electron chi connectivity index (χ0n) is 23.0. The molecule has 0 spiro atoms. The molecule has 0 unspecified atom stereocenters. The highest BCUT2D eigenvalue weighted by molar-refractivity contribution is 5.67. The quantitative estimate of drug-likeness (QED) is 0.527. The van der Waals surface area contributed by atoms with Gasteiger partial charge in [0.05, 0.1) is 11.9 Å². The first-order valence-electron chi connectivity index (χ1n) is 14.9. The van der Waals surface area contributed by atoms with Gasteiger partial charge in [-0.1, -0.05) is 19.4 Å². The number of aliphatic hydroxyl groups is 1. The van der Waals surface area contributed by atoms with E-state index in [0.29, 0.717) is 12.5 Å². The first kappa shape index (κ1) is 26.1. The molecule has 208 valence electrons. The van der Waals surface area contributed by atoms with Crippen LogP contribution in [-0.4, -0.2) is 54.0 Å². The summed E-state index contributed by atoms with van der Waals surface area (Å²) >= 11 is 0. The van der Waals surface area contributed by atoms with Crippen LogP contribution < -0.4 is 10.9 Å². The van der Waals surface area contributed by atoms with Gasteiger partial charge in [-0.25, -0.2) is 9.59 Å². The van der Waals surface area contributed by atoms with E-state index in [4.69, 9.17) is 9.15 Å². The number of ether oxygens (including phenoxy) is 1. The number of hydrogen-bond donors (Lipinski definition) is 2. The number of nitrogens with zero attached hydrogens (tertiary/aromatic N) is 1. The summed E-state index contributed by atoms with van der Waals surface area (Å²) in [6.07, 6.45) is 13.4. The molecule has 38 heavy (non-hydrogen) atoms. The lowest BCUT2D eigenvalue weighted by molar-refractivity contribution is -0.178. The Labute approximate surface area is 226 Å². The van der Waals surface area contributed by atoms with Crippen LogP contribution in [0.3, 0.4) is 0 Å². The fourth-order valence-corrected chi connectivity index (χ4v) is 9.36. The second-order valence-electron chi connectivity index (χ2n) is 13.2. The number of alkyl carbamates (subject to hydrolysis) is 1. The standard InChI is InChI=1S/C31H44N2O5/c1-29-12-9-23(38-28(35)32-15-18-33-16-3-4-17-33)19-22(29)6-7-26-25(29)10-13-30(2)24(11-14-31(26,30)36)21-5-8-27(34)37-20-21/h5,8,19-20,23-26,36H,3-4,6-7,9-18H2,1-2H3,(H,32,35)/t23-,24+,25-,26+,29-,30+,31-/m0/s1. The van der Waals surface area contributed by atoms with Crippen molar-refractivity contribution in [2.75, 3.05) is 26.2 Å². The van der Waals surface area contributed by atoms with E-state index in [0.717, 1.165) is 76.6 Å². The largest absolute Gasteiger partial charge is 0.442 e. The van der Waals surface area contributed by atoms with Crippen molar-refractivity contribution in [3.8, 4) is 0 Å². The first-order valence-corrected chi connectivity index (χ1v) is 14.9. The summed E-state index contributed by atoms with van der Waals surface area (Å²) in [6.45, 7) is 8.45. The van der Waals surface area contributed by atoms with Gasteiger partial charge in [0.15, 0.2) is 0 Å². The van der Waals surface area contributed by atoms with Crippen molar-refractivity contribution in [3.05, 3.63) is 46.0 Å². The lowest BCUT2D eigenvalue weighted by atomic mass is 9.45. The Bertz CT molecular complexity index is 1120. The number of hydrogen-bond acceptors (Lipinski definition) is 6. The molecule has 1 aliphatic heterocycles. The Hall–Kier alpha value is -2.12. The van der Waals surface area contributed by atoms with E-state index >= 15 is 0 Å². The number of carbonyl (C=O) groups excluding carboxylic acids is 1. The fourth-order valence-electron chi connectivity index (χ4n) is 9.36. The Morgan fingerprint density at radius 3 is 2.68 bits per heavy atom. The fraction of sp³-hybridized carbons (Fsp3) is 0.742. The van der Waals surface area contributed by atoms with E-state index in [1.54, 1.807) is 6.26 Å². The van der Waals surface area contributed by atoms with Crippen LogP contribution in [-0.2, 0) is 4.74 Å². The van der Waals surface area contributed by atoms with Crippen molar-refractivity contribution in [1.29, 1.82) is 0 Å². The van der Waals surface area contributed by atoms with Crippen LogP contribution in [0.2, 0.25) is 0 Å². The SMILES string of the molecule is C[C@]12CC[C@H](OC(=O)NCCN3CCCC3)C=C1CC[C@@H]1[C@@H]2CC[C@]2(C)[C@@H](c3ccc(=O)oc3)CC[C@]12O. The second-order valence-corrected chi connectivity index (χ2v) is 13.2. The predicted molar refractivity (Wildman–Crippen MR) is 145 cm³/mol. The molecule has 5 aliphatic rings. The van der Waals surface area contributed by atoms with Gasteiger partial charge in [-0.3, -0.25) is 0 Å². The Kier molecular flexibility index (Phi) is 6.74. The number of likely N-dealkylation sites (tertiary alicyclic amines) is 1. The molecule has 7 atom stereocenters. The average Bonchev–Trinajstić information content (AvgIpc) is 3.51. The van der Waals surface area contributed by atoms with Crippen LogP contribution >= 0.6 is 0 Å². The molecule has 2 heterocycles. The number of fused-ring (bicyclic) bond motifs is 5. The highest BCUT2D eigenvalue weighted by Gasteiger charge is 2.66. The highest BCUT2D eigenvalue weighted by Crippen LogP contribution is 2.70. The van der Waals surface area contributed by atoms with Crippen molar-refractivity contribution < 1.29 is 19.1 Å². The third kappa shape index (κ3) is 4.25. The zero-order chi connectivity index (χ0) is 26.5. The molecule has 7 nitrogen and oxygen atoms in total. The van der Waals surface area contributed by atoms with Gasteiger partial charge in [0, 0.05) is 24.6 Å². The second kappa shape index (κ2) is 9.81. The van der Waals surface area contributed by atoms with E-state index in [-0.39, 0.29) is 40.5 Å². The summed E-state index contributed by atoms with van der Waals surface area (Å²) in [7, 11) is 0. The molecule has 1 amide bonds. The number of carbonyl (C=O) groups is 1. The summed E-state index contributed by atoms with van der Waals surface area (Å²) in [6, 6.07) is 3.40. The highest BCUT2D eigenvalue weighted by atomic mass is 16.6. The van der Waals surface area contributed by atoms with E-state index in [9.17, 15) is 14.7 Å². The molecule has 1 aromatic rings. The molecule has 2 N–H and O–H groups in total. The minimum atomic E-state index is -0.714. The predicted octanol–water partition coefficient (Wildman–Crippen LogP) is 4.99. The van der Waals surface area contributed by atoms with Crippen molar-refractivity contribution in [2.24, 2.45) is 22.7 Å². The first-order chi connectivity index (χ1) is 18.2. The smallest absolute Gasteiger partial charge is 0.407 e. The maximum Gasteiger partial charge on any atom is 0.407 e. The maximum atomic E-state index is 12.5. The summed E-state index contributed by atoms with van der Waals surface area (Å²) in [4.78, 5) is 26.4. The van der Waals surface area contributed by atoms with Crippen LogP contribution in [0.15, 0.2) is 39.3 Å². The maximum absolute atomic E-state index is 12.5. The van der Waals surface area contributed by atoms with Crippen LogP contribution in [0.1, 0.15) is 89.5 Å². The minimum absolute atomic E-state index is 0.0453. The zero-order valence-corrected chi connectivity index (χ0v) is 23.0. The molecule has 3 saturated carbocycles. The third-order valence-corrected chi connectivity index (χ3v) is 11.5. The van der Waals surface area contributed by atoms with Crippen molar-refractivity contribution in [3.63, 3.8) is 0 Å². The van der Waals surface area contributed by atoms with Crippen LogP contribution in [0, 0.1) is 22.7 Å². The molecule has 4 fully saturated rings. The number of amides is 1. The molecule has 0 radical (unpaired) electrons. The summed E-state index contributed by atoms with van der Waals surface area (Å²) in [5, 5.41) is 15.3. The van der Waals surface area contributed by atoms with Gasteiger partial charge >= 0.3 is 11.7 Å². The Balaban J connectivity index is 1.13. The van der Waals surface area contributed by atoms with Gasteiger partial charge in [-0.15, -0.1) is 0 Å². The van der Waals surface area contributed by atoms with E-state index in [1.807, 2.05) is 6.07 Å². The van der Waals surface area contributed by atoms with Crippen molar-refractivity contribution in [2.45, 2.75) is 95.7 Å². The molecule has 6 rings (SSSR count). The van der Waals surface area contributed by atoms with Gasteiger partial charge < -0.3 is 24.5 Å². The summed E-state index contributed by atoms with van der Waals surface area (Å²) in [5.74, 6) is 0.898. The van der Waals surface area contributed by atoms with Gasteiger partial charge in [0.2, 0.25) is 0 Å². The van der Waals surface area contributed by atoms with Gasteiger partial charge in [0.1, 0.15) is 6.10 Å². The lowest BCUT2D eigenvalue weighted by Crippen LogP contribution is -2.60. The van der Waals surface area contributed by atoms with Gasteiger partial charge in [-0.2, -0.15) is 0 Å². The van der Waals surface area contributed by atoms with E-state index in [1.165, 1.54) is 24.5 Å². The number of nitrogens with one attached hydrogen (secondary N) is 1. The van der Waals surface area contributed by atoms with Crippen molar-refractivity contribution >= 4 is 6.09 Å². The molecular weight excluding hydrogens is 480 g/mol. The normalized spacial score (nSPS) is 40.6. The van der Waals surface area contributed by atoms with E-state index < -0.39 is 5.60 Å². The van der Waals surface area contributed by atoms with Crippen LogP contribution in [0.25, 0.3) is 0 Å². The average molecular weight is 525 g/mol. The van der Waals surface area contributed by atoms with Gasteiger partial charge in [-0.05, 0) is 118 Å². The number of rotatable bonds is 5. The molecule has 1 saturated heterocycles. The topological polar surface area (TPSA) is 92.0 Å².